The van der Waals surface area contributed by atoms with Crippen LogP contribution >= 0.6 is 0 Å². The number of hydrogen-bond donors (Lipinski definition) is 0. The monoisotopic (exact) mass is 430 g/mol. The number of aryl methyl sites for hydroxylation is 1. The van der Waals surface area contributed by atoms with Gasteiger partial charge in [0.15, 0.2) is 11.5 Å². The molecule has 4 nitrogen and oxygen atoms in total. The molecular weight excluding hydrogens is 400 g/mol. The molecule has 0 atom stereocenters. The first-order valence-electron chi connectivity index (χ1n) is 11.0. The summed E-state index contributed by atoms with van der Waals surface area (Å²) in [4.78, 5) is 25.7. The fourth-order valence-electron chi connectivity index (χ4n) is 3.30. The van der Waals surface area contributed by atoms with Gasteiger partial charge in [-0.3, -0.25) is 0 Å². The zero-order valence-electron chi connectivity index (χ0n) is 19.2. The Morgan fingerprint density at radius 3 is 1.81 bits per heavy atom. The zero-order chi connectivity index (χ0) is 23.1. The summed E-state index contributed by atoms with van der Waals surface area (Å²) in [5.74, 6) is -0.398. The third-order valence-corrected chi connectivity index (χ3v) is 5.21. The molecule has 32 heavy (non-hydrogen) atoms. The lowest BCUT2D eigenvalue weighted by Crippen LogP contribution is -2.17. The van der Waals surface area contributed by atoms with Crippen molar-refractivity contribution >= 4 is 11.9 Å². The van der Waals surface area contributed by atoms with Crippen molar-refractivity contribution in [2.75, 3.05) is 0 Å². The Morgan fingerprint density at radius 2 is 1.31 bits per heavy atom. The van der Waals surface area contributed by atoms with Crippen LogP contribution in [0.2, 0.25) is 0 Å². The fraction of sp³-hybridized carbons (Fsp3) is 0.286. The molecule has 0 saturated carbocycles. The van der Waals surface area contributed by atoms with Crippen molar-refractivity contribution in [3.8, 4) is 11.5 Å². The summed E-state index contributed by atoms with van der Waals surface area (Å²) in [6, 6.07) is 21.5. The van der Waals surface area contributed by atoms with E-state index < -0.39 is 11.9 Å². The Labute approximate surface area is 190 Å². The number of benzene rings is 3. The van der Waals surface area contributed by atoms with E-state index in [1.54, 1.807) is 48.5 Å². The molecule has 0 N–H and O–H groups in total. The van der Waals surface area contributed by atoms with E-state index in [2.05, 4.69) is 33.8 Å². The van der Waals surface area contributed by atoms with Gasteiger partial charge in [-0.25, -0.2) is 9.59 Å². The van der Waals surface area contributed by atoms with Gasteiger partial charge in [-0.1, -0.05) is 76.6 Å². The second-order valence-corrected chi connectivity index (χ2v) is 8.83. The van der Waals surface area contributed by atoms with Crippen molar-refractivity contribution in [2.45, 2.75) is 52.4 Å². The second-order valence-electron chi connectivity index (χ2n) is 8.83. The van der Waals surface area contributed by atoms with Crippen LogP contribution < -0.4 is 9.47 Å². The normalized spacial score (nSPS) is 11.1. The lowest BCUT2D eigenvalue weighted by Gasteiger charge is -2.23. The van der Waals surface area contributed by atoms with Gasteiger partial charge in [0.05, 0.1) is 11.1 Å². The van der Waals surface area contributed by atoms with Gasteiger partial charge in [0.2, 0.25) is 0 Å². The van der Waals surface area contributed by atoms with E-state index in [-0.39, 0.29) is 11.2 Å². The number of hydrogen-bond acceptors (Lipinski definition) is 4. The lowest BCUT2D eigenvalue weighted by atomic mass is 9.85. The summed E-state index contributed by atoms with van der Waals surface area (Å²) in [5.41, 5.74) is 2.58. The van der Waals surface area contributed by atoms with E-state index >= 15 is 0 Å². The minimum absolute atomic E-state index is 0.170. The molecule has 0 amide bonds. The molecule has 3 aromatic rings. The average molecular weight is 431 g/mol. The first-order valence-corrected chi connectivity index (χ1v) is 11.0. The lowest BCUT2D eigenvalue weighted by molar-refractivity contribution is 0.0680. The number of unbranched alkanes of at least 4 members (excludes halogenated alkanes) is 1. The molecule has 4 heteroatoms. The van der Waals surface area contributed by atoms with Crippen LogP contribution in [-0.4, -0.2) is 11.9 Å². The molecule has 0 aliphatic rings. The second kappa shape index (κ2) is 10.3. The highest BCUT2D eigenvalue weighted by molar-refractivity contribution is 5.93. The molecule has 3 aromatic carbocycles. The molecule has 3 rings (SSSR count). The van der Waals surface area contributed by atoms with E-state index in [0.717, 1.165) is 24.0 Å². The van der Waals surface area contributed by atoms with Crippen LogP contribution in [-0.2, 0) is 11.8 Å². The smallest absolute Gasteiger partial charge is 0.343 e. The van der Waals surface area contributed by atoms with Crippen molar-refractivity contribution in [1.29, 1.82) is 0 Å². The van der Waals surface area contributed by atoms with Crippen molar-refractivity contribution < 1.29 is 19.1 Å². The van der Waals surface area contributed by atoms with Crippen LogP contribution in [0.25, 0.3) is 0 Å². The van der Waals surface area contributed by atoms with Crippen molar-refractivity contribution in [2.24, 2.45) is 0 Å². The molecule has 0 radical (unpaired) electrons. The maximum Gasteiger partial charge on any atom is 0.343 e. The quantitative estimate of drug-likeness (QED) is 0.307. The van der Waals surface area contributed by atoms with Crippen molar-refractivity contribution in [3.05, 3.63) is 95.1 Å². The first-order chi connectivity index (χ1) is 15.3. The number of carbonyl (C=O) groups excluding carboxylic acids is 2. The van der Waals surface area contributed by atoms with Gasteiger partial charge in [-0.2, -0.15) is 0 Å². The highest BCUT2D eigenvalue weighted by Gasteiger charge is 2.24. The molecule has 0 spiro atoms. The van der Waals surface area contributed by atoms with E-state index in [1.165, 1.54) is 0 Å². The molecule has 0 fully saturated rings. The number of esters is 2. The maximum absolute atomic E-state index is 12.9. The molecule has 0 bridgehead atoms. The molecule has 0 saturated heterocycles. The van der Waals surface area contributed by atoms with Gasteiger partial charge in [0, 0.05) is 0 Å². The molecule has 166 valence electrons. The van der Waals surface area contributed by atoms with Gasteiger partial charge in [-0.05, 0) is 59.7 Å². The Balaban J connectivity index is 2.07. The average Bonchev–Trinajstić information content (AvgIpc) is 2.79. The van der Waals surface area contributed by atoms with Gasteiger partial charge in [0.1, 0.15) is 0 Å². The fourth-order valence-corrected chi connectivity index (χ4v) is 3.30. The van der Waals surface area contributed by atoms with Crippen LogP contribution in [0.3, 0.4) is 0 Å². The molecule has 0 aliphatic heterocycles. The molecule has 0 aromatic heterocycles. The summed E-state index contributed by atoms with van der Waals surface area (Å²) in [5, 5.41) is 0. The third-order valence-electron chi connectivity index (χ3n) is 5.21. The van der Waals surface area contributed by atoms with E-state index in [9.17, 15) is 9.59 Å². The van der Waals surface area contributed by atoms with Crippen molar-refractivity contribution in [1.82, 2.24) is 0 Å². The van der Waals surface area contributed by atoms with Crippen LogP contribution in [0.1, 0.15) is 72.4 Å². The predicted molar refractivity (Wildman–Crippen MR) is 127 cm³/mol. The SMILES string of the molecule is CCCCc1cc(C(C)(C)C)cc(OC(=O)c2ccccc2)c1OC(=O)c1ccccc1. The number of ether oxygens (including phenoxy) is 2. The van der Waals surface area contributed by atoms with Crippen LogP contribution in [0.4, 0.5) is 0 Å². The number of carbonyl (C=O) groups is 2. The summed E-state index contributed by atoms with van der Waals surface area (Å²) in [6.07, 6.45) is 2.63. The molecular formula is C28H30O4. The predicted octanol–water partition coefficient (Wildman–Crippen LogP) is 6.77. The van der Waals surface area contributed by atoms with Crippen LogP contribution in [0.15, 0.2) is 72.8 Å². The summed E-state index contributed by atoms with van der Waals surface area (Å²) in [6.45, 7) is 8.42. The van der Waals surface area contributed by atoms with Gasteiger partial charge >= 0.3 is 11.9 Å². The highest BCUT2D eigenvalue weighted by Crippen LogP contribution is 2.39. The Hall–Kier alpha value is -3.40. The van der Waals surface area contributed by atoms with E-state index in [1.807, 2.05) is 18.2 Å². The third kappa shape index (κ3) is 5.85. The summed E-state index contributed by atoms with van der Waals surface area (Å²) < 4.78 is 11.7. The Bertz CT molecular complexity index is 1060. The topological polar surface area (TPSA) is 52.6 Å². The van der Waals surface area contributed by atoms with Gasteiger partial charge < -0.3 is 9.47 Å². The molecule has 0 aliphatic carbocycles. The van der Waals surface area contributed by atoms with E-state index in [0.29, 0.717) is 23.3 Å². The highest BCUT2D eigenvalue weighted by atomic mass is 16.6. The largest absolute Gasteiger partial charge is 0.419 e. The van der Waals surface area contributed by atoms with Crippen molar-refractivity contribution in [3.63, 3.8) is 0 Å². The summed E-state index contributed by atoms with van der Waals surface area (Å²) >= 11 is 0. The number of rotatable bonds is 7. The zero-order valence-corrected chi connectivity index (χ0v) is 19.2. The van der Waals surface area contributed by atoms with E-state index in [4.69, 9.17) is 9.47 Å². The standard InChI is InChI=1S/C28H30O4/c1-5-6-13-22-18-23(28(2,3)4)19-24(31-26(29)20-14-9-7-10-15-20)25(22)32-27(30)21-16-11-8-12-17-21/h7-12,14-19H,5-6,13H2,1-4H3. The molecule has 0 heterocycles. The van der Waals surface area contributed by atoms with Crippen LogP contribution in [0.5, 0.6) is 11.5 Å². The maximum atomic E-state index is 12.9. The Kier molecular flexibility index (Phi) is 7.47. The van der Waals surface area contributed by atoms with Gasteiger partial charge in [0.25, 0.3) is 0 Å². The molecule has 0 unspecified atom stereocenters. The minimum Gasteiger partial charge on any atom is -0.419 e. The van der Waals surface area contributed by atoms with Crippen LogP contribution in [0, 0.1) is 0 Å². The minimum atomic E-state index is -0.491. The first kappa shape index (κ1) is 23.3. The van der Waals surface area contributed by atoms with Gasteiger partial charge in [-0.15, -0.1) is 0 Å². The summed E-state index contributed by atoms with van der Waals surface area (Å²) in [7, 11) is 0. The Morgan fingerprint density at radius 1 is 0.781 bits per heavy atom.